The molecule has 0 spiro atoms. The second kappa shape index (κ2) is 18.3. The maximum absolute atomic E-state index is 10.8. The molecular formula is C30H58N3O6S+. The Morgan fingerprint density at radius 1 is 0.850 bits per heavy atom. The van der Waals surface area contributed by atoms with Crippen LogP contribution in [0.25, 0.3) is 0 Å². The highest BCUT2D eigenvalue weighted by Crippen LogP contribution is 2.18. The summed E-state index contributed by atoms with van der Waals surface area (Å²) in [5.41, 5.74) is 2.40. The maximum atomic E-state index is 10.8. The Bertz CT molecular complexity index is 926. The van der Waals surface area contributed by atoms with Gasteiger partial charge in [-0.1, -0.05) is 25.5 Å². The normalized spacial score (nSPS) is 14.3. The van der Waals surface area contributed by atoms with E-state index in [1.807, 2.05) is 14.1 Å². The van der Waals surface area contributed by atoms with Crippen LogP contribution in [0.4, 0.5) is 5.69 Å². The highest BCUT2D eigenvalue weighted by Gasteiger charge is 2.19. The van der Waals surface area contributed by atoms with Crippen LogP contribution in [0.3, 0.4) is 0 Å². The van der Waals surface area contributed by atoms with E-state index in [0.717, 1.165) is 37.3 Å². The first-order chi connectivity index (χ1) is 18.6. The lowest BCUT2D eigenvalue weighted by Gasteiger charge is -2.32. The van der Waals surface area contributed by atoms with Gasteiger partial charge in [-0.2, -0.15) is 0 Å². The number of benzene rings is 1. The topological polar surface area (TPSA) is 88.1 Å². The molecule has 2 unspecified atom stereocenters. The average Bonchev–Trinajstić information content (AvgIpc) is 2.83. The van der Waals surface area contributed by atoms with Crippen molar-refractivity contribution in [1.29, 1.82) is 0 Å². The summed E-state index contributed by atoms with van der Waals surface area (Å²) < 4.78 is 52.1. The van der Waals surface area contributed by atoms with Gasteiger partial charge in [-0.15, -0.1) is 0 Å². The Balaban J connectivity index is 2.47. The third-order valence-corrected chi connectivity index (χ3v) is 7.96. The molecule has 0 aromatic heterocycles. The van der Waals surface area contributed by atoms with Gasteiger partial charge >= 0.3 is 0 Å². The van der Waals surface area contributed by atoms with Crippen LogP contribution in [0, 0.1) is 6.92 Å². The summed E-state index contributed by atoms with van der Waals surface area (Å²) in [6.45, 7) is 15.9. The summed E-state index contributed by atoms with van der Waals surface area (Å²) in [7, 11) is 4.42. The second-order valence-electron chi connectivity index (χ2n) is 12.5. The van der Waals surface area contributed by atoms with E-state index < -0.39 is 10.1 Å². The quantitative estimate of drug-likeness (QED) is 0.110. The maximum Gasteiger partial charge on any atom is 0.102 e. The molecule has 0 heterocycles. The van der Waals surface area contributed by atoms with Gasteiger partial charge in [0.05, 0.1) is 90.0 Å². The first-order valence-electron chi connectivity index (χ1n) is 14.8. The van der Waals surface area contributed by atoms with Gasteiger partial charge in [-0.3, -0.25) is 0 Å². The number of rotatable bonds is 23. The molecule has 234 valence electrons. The van der Waals surface area contributed by atoms with Gasteiger partial charge in [0.2, 0.25) is 0 Å². The Labute approximate surface area is 245 Å². The predicted molar refractivity (Wildman–Crippen MR) is 163 cm³/mol. The summed E-state index contributed by atoms with van der Waals surface area (Å²) >= 11 is 0. The first kappa shape index (κ1) is 36.8. The molecule has 0 bridgehead atoms. The zero-order chi connectivity index (χ0) is 30.2. The van der Waals surface area contributed by atoms with Gasteiger partial charge < -0.3 is 32.6 Å². The zero-order valence-corrected chi connectivity index (χ0v) is 27.4. The van der Waals surface area contributed by atoms with E-state index in [4.69, 9.17) is 14.2 Å². The molecule has 2 atom stereocenters. The molecular weight excluding hydrogens is 530 g/mol. The molecule has 0 aliphatic heterocycles. The molecule has 1 aromatic rings. The number of anilines is 1. The van der Waals surface area contributed by atoms with Crippen molar-refractivity contribution < 1.29 is 36.1 Å². The third kappa shape index (κ3) is 18.2. The SMILES string of the molecule is CCCC[N+](C)(C)CCOC(C)CN(CC(C)OCCOCC[N+](C)(C)CCCS(=O)(=O)[O-])c1cccc(C)c1. The summed E-state index contributed by atoms with van der Waals surface area (Å²) in [5, 5.41) is 0. The van der Waals surface area contributed by atoms with Crippen LogP contribution in [0.2, 0.25) is 0 Å². The molecule has 40 heavy (non-hydrogen) atoms. The minimum atomic E-state index is -4.15. The van der Waals surface area contributed by atoms with Crippen molar-refractivity contribution in [2.24, 2.45) is 0 Å². The van der Waals surface area contributed by atoms with E-state index in [1.165, 1.54) is 30.6 Å². The standard InChI is InChI=1S/C30H58N3O6S/c1-9-10-15-32(5,6)18-20-38-28(3)25-31(30-14-11-13-27(2)24-30)26-29(4)39-22-21-37-19-17-33(7,8)16-12-23-40(34,35)36/h11,13-14,24,28-29H,9-10,12,15-23,25-26H2,1-8H3/q+1. The lowest BCUT2D eigenvalue weighted by Crippen LogP contribution is -2.44. The molecule has 0 saturated heterocycles. The van der Waals surface area contributed by atoms with E-state index in [0.29, 0.717) is 37.3 Å². The summed E-state index contributed by atoms with van der Waals surface area (Å²) in [5.74, 6) is -0.317. The van der Waals surface area contributed by atoms with Crippen LogP contribution >= 0.6 is 0 Å². The Hall–Kier alpha value is -1.27. The monoisotopic (exact) mass is 588 g/mol. The Kier molecular flexibility index (Phi) is 16.8. The van der Waals surface area contributed by atoms with Crippen LogP contribution in [-0.2, 0) is 24.3 Å². The number of hydrogen-bond acceptors (Lipinski definition) is 7. The molecule has 0 fully saturated rings. The Morgan fingerprint density at radius 2 is 1.43 bits per heavy atom. The van der Waals surface area contributed by atoms with E-state index >= 15 is 0 Å². The molecule has 0 aliphatic carbocycles. The summed E-state index contributed by atoms with van der Waals surface area (Å²) in [6.07, 6.45) is 2.92. The smallest absolute Gasteiger partial charge is 0.102 e. The first-order valence-corrected chi connectivity index (χ1v) is 16.4. The number of nitrogens with zero attached hydrogens (tertiary/aromatic N) is 3. The summed E-state index contributed by atoms with van der Waals surface area (Å²) in [6, 6.07) is 8.56. The van der Waals surface area contributed by atoms with Crippen LogP contribution in [0.15, 0.2) is 24.3 Å². The fourth-order valence-corrected chi connectivity index (χ4v) is 5.02. The number of quaternary nitrogens is 2. The van der Waals surface area contributed by atoms with Gasteiger partial charge in [-0.25, -0.2) is 8.42 Å². The molecule has 9 nitrogen and oxygen atoms in total. The van der Waals surface area contributed by atoms with E-state index in [-0.39, 0.29) is 18.0 Å². The van der Waals surface area contributed by atoms with Gasteiger partial charge in [0, 0.05) is 31.0 Å². The minimum Gasteiger partial charge on any atom is -0.748 e. The van der Waals surface area contributed by atoms with Gasteiger partial charge in [0.1, 0.15) is 13.1 Å². The fourth-order valence-electron chi connectivity index (χ4n) is 4.54. The van der Waals surface area contributed by atoms with Crippen molar-refractivity contribution >= 4 is 15.8 Å². The number of ether oxygens (including phenoxy) is 3. The van der Waals surface area contributed by atoms with Crippen LogP contribution in [0.5, 0.6) is 0 Å². The zero-order valence-electron chi connectivity index (χ0n) is 26.6. The van der Waals surface area contributed by atoms with Crippen molar-refractivity contribution in [3.05, 3.63) is 29.8 Å². The van der Waals surface area contributed by atoms with Crippen molar-refractivity contribution in [3.63, 3.8) is 0 Å². The van der Waals surface area contributed by atoms with Crippen LogP contribution < -0.4 is 4.90 Å². The van der Waals surface area contributed by atoms with Crippen molar-refractivity contribution in [2.75, 3.05) is 105 Å². The fraction of sp³-hybridized carbons (Fsp3) is 0.800. The van der Waals surface area contributed by atoms with Gasteiger partial charge in [0.25, 0.3) is 0 Å². The van der Waals surface area contributed by atoms with Crippen molar-refractivity contribution in [1.82, 2.24) is 0 Å². The average molecular weight is 589 g/mol. The molecule has 0 amide bonds. The van der Waals surface area contributed by atoms with E-state index in [2.05, 4.69) is 71.0 Å². The molecule has 0 saturated carbocycles. The van der Waals surface area contributed by atoms with E-state index in [9.17, 15) is 13.0 Å². The predicted octanol–water partition coefficient (Wildman–Crippen LogP) is 3.52. The molecule has 0 radical (unpaired) electrons. The molecule has 10 heteroatoms. The number of unbranched alkanes of at least 4 members (excludes halogenated alkanes) is 1. The summed E-state index contributed by atoms with van der Waals surface area (Å²) in [4.78, 5) is 2.35. The number of aryl methyl sites for hydroxylation is 1. The lowest BCUT2D eigenvalue weighted by atomic mass is 10.2. The van der Waals surface area contributed by atoms with Crippen LogP contribution in [0.1, 0.15) is 45.6 Å². The second-order valence-corrected chi connectivity index (χ2v) is 14.0. The van der Waals surface area contributed by atoms with Crippen molar-refractivity contribution in [3.8, 4) is 0 Å². The minimum absolute atomic E-state index is 0.0159. The third-order valence-electron chi connectivity index (χ3n) is 7.17. The number of hydrogen-bond donors (Lipinski definition) is 0. The Morgan fingerprint density at radius 3 is 2.00 bits per heavy atom. The number of likely N-dealkylation sites (N-methyl/N-ethyl adjacent to an activating group) is 2. The van der Waals surface area contributed by atoms with Crippen LogP contribution in [-0.4, -0.2) is 134 Å². The highest BCUT2D eigenvalue weighted by atomic mass is 32.2. The molecule has 0 N–H and O–H groups in total. The van der Waals surface area contributed by atoms with Gasteiger partial charge in [0.15, 0.2) is 0 Å². The van der Waals surface area contributed by atoms with Gasteiger partial charge in [-0.05, 0) is 44.9 Å². The van der Waals surface area contributed by atoms with E-state index in [1.54, 1.807) is 0 Å². The highest BCUT2D eigenvalue weighted by molar-refractivity contribution is 7.85. The largest absolute Gasteiger partial charge is 0.748 e. The lowest BCUT2D eigenvalue weighted by molar-refractivity contribution is -0.891. The molecule has 1 rings (SSSR count). The molecule has 1 aromatic carbocycles. The molecule has 0 aliphatic rings. The van der Waals surface area contributed by atoms with Crippen molar-refractivity contribution in [2.45, 2.75) is 59.2 Å².